The molecule has 1 aromatic carbocycles. The Hall–Kier alpha value is -2.08. The van der Waals surface area contributed by atoms with Gasteiger partial charge < -0.3 is 10.1 Å². The molecule has 1 spiro atoms. The lowest BCUT2D eigenvalue weighted by Crippen LogP contribution is -2.44. The van der Waals surface area contributed by atoms with E-state index in [2.05, 4.69) is 5.32 Å². The molecule has 1 aliphatic heterocycles. The van der Waals surface area contributed by atoms with E-state index in [0.29, 0.717) is 23.4 Å². The van der Waals surface area contributed by atoms with Crippen LogP contribution < -0.4 is 5.32 Å². The summed E-state index contributed by atoms with van der Waals surface area (Å²) in [5.74, 6) is -0.960. The second-order valence-corrected chi connectivity index (χ2v) is 6.27. The molecule has 2 aliphatic rings. The fourth-order valence-electron chi connectivity index (χ4n) is 3.09. The Morgan fingerprint density at radius 1 is 1.26 bits per heavy atom. The largest absolute Gasteiger partial charge is 0.459 e. The Bertz CT molecular complexity index is 655. The Labute approximate surface area is 138 Å². The van der Waals surface area contributed by atoms with E-state index in [4.69, 9.17) is 16.3 Å². The first-order valence-electron chi connectivity index (χ1n) is 7.55. The molecule has 122 valence electrons. The molecule has 0 atom stereocenters. The fraction of sp³-hybridized carbons (Fsp3) is 0.438. The van der Waals surface area contributed by atoms with E-state index in [1.54, 1.807) is 24.3 Å². The highest BCUT2D eigenvalue weighted by Gasteiger charge is 2.52. The quantitative estimate of drug-likeness (QED) is 0.676. The minimum absolute atomic E-state index is 0.00724. The van der Waals surface area contributed by atoms with E-state index in [-0.39, 0.29) is 19.1 Å². The van der Waals surface area contributed by atoms with Crippen molar-refractivity contribution in [1.29, 1.82) is 0 Å². The van der Waals surface area contributed by atoms with Crippen LogP contribution in [0.2, 0.25) is 5.02 Å². The van der Waals surface area contributed by atoms with E-state index in [1.165, 1.54) is 0 Å². The monoisotopic (exact) mass is 336 g/mol. The van der Waals surface area contributed by atoms with Gasteiger partial charge in [-0.2, -0.15) is 0 Å². The highest BCUT2D eigenvalue weighted by atomic mass is 35.5. The van der Waals surface area contributed by atoms with Gasteiger partial charge in [-0.3, -0.25) is 14.5 Å². The van der Waals surface area contributed by atoms with Gasteiger partial charge in [0.1, 0.15) is 18.7 Å². The minimum Gasteiger partial charge on any atom is -0.459 e. The van der Waals surface area contributed by atoms with Crippen LogP contribution in [0.15, 0.2) is 24.3 Å². The lowest BCUT2D eigenvalue weighted by molar-refractivity contribution is -0.148. The number of amides is 3. The maximum Gasteiger partial charge on any atom is 0.326 e. The van der Waals surface area contributed by atoms with Crippen molar-refractivity contribution in [2.24, 2.45) is 0 Å². The van der Waals surface area contributed by atoms with Crippen LogP contribution in [0.25, 0.3) is 0 Å². The molecule has 0 unspecified atom stereocenters. The van der Waals surface area contributed by atoms with Gasteiger partial charge in [-0.25, -0.2) is 4.79 Å². The first kappa shape index (κ1) is 15.8. The molecule has 1 aliphatic carbocycles. The van der Waals surface area contributed by atoms with Crippen LogP contribution in [0.3, 0.4) is 0 Å². The Kier molecular flexibility index (Phi) is 4.26. The molecular weight excluding hydrogens is 320 g/mol. The number of urea groups is 1. The summed E-state index contributed by atoms with van der Waals surface area (Å²) in [4.78, 5) is 37.3. The SMILES string of the molecule is O=C(CN1C(=O)NC2(CCCC2)C1=O)OCc1ccccc1Cl. The second-order valence-electron chi connectivity index (χ2n) is 5.86. The van der Waals surface area contributed by atoms with Crippen molar-refractivity contribution >= 4 is 29.5 Å². The number of nitrogens with zero attached hydrogens (tertiary/aromatic N) is 1. The average molecular weight is 337 g/mol. The predicted molar refractivity (Wildman–Crippen MR) is 82.7 cm³/mol. The molecule has 1 saturated carbocycles. The van der Waals surface area contributed by atoms with Crippen LogP contribution in [0, 0.1) is 0 Å². The number of halogens is 1. The molecule has 1 aromatic rings. The molecule has 7 heteroatoms. The first-order chi connectivity index (χ1) is 11.0. The van der Waals surface area contributed by atoms with Crippen molar-refractivity contribution in [3.8, 4) is 0 Å². The number of ether oxygens (including phenoxy) is 1. The summed E-state index contributed by atoms with van der Waals surface area (Å²) in [6.45, 7) is -0.371. The molecule has 0 aromatic heterocycles. The maximum atomic E-state index is 12.4. The predicted octanol–water partition coefficient (Wildman–Crippen LogP) is 2.25. The number of carbonyl (C=O) groups is 3. The van der Waals surface area contributed by atoms with Crippen molar-refractivity contribution in [3.05, 3.63) is 34.9 Å². The van der Waals surface area contributed by atoms with Crippen molar-refractivity contribution < 1.29 is 19.1 Å². The number of imide groups is 1. The van der Waals surface area contributed by atoms with E-state index in [1.807, 2.05) is 0 Å². The van der Waals surface area contributed by atoms with Crippen LogP contribution >= 0.6 is 11.6 Å². The summed E-state index contributed by atoms with van der Waals surface area (Å²) >= 11 is 5.99. The van der Waals surface area contributed by atoms with Gasteiger partial charge in [0.15, 0.2) is 0 Å². The van der Waals surface area contributed by atoms with Gasteiger partial charge in [-0.1, -0.05) is 42.6 Å². The molecule has 6 nitrogen and oxygen atoms in total. The maximum absolute atomic E-state index is 12.4. The van der Waals surface area contributed by atoms with Crippen molar-refractivity contribution in [1.82, 2.24) is 10.2 Å². The summed E-state index contributed by atoms with van der Waals surface area (Å²) in [6, 6.07) is 6.49. The average Bonchev–Trinajstić information content (AvgIpc) is 3.08. The summed E-state index contributed by atoms with van der Waals surface area (Å²) in [7, 11) is 0. The van der Waals surface area contributed by atoms with E-state index >= 15 is 0 Å². The van der Waals surface area contributed by atoms with Crippen LogP contribution in [-0.4, -0.2) is 34.9 Å². The van der Waals surface area contributed by atoms with Gasteiger partial charge in [-0.05, 0) is 18.9 Å². The molecule has 2 fully saturated rings. The number of esters is 1. The molecule has 1 saturated heterocycles. The Morgan fingerprint density at radius 3 is 2.65 bits per heavy atom. The first-order valence-corrected chi connectivity index (χ1v) is 7.93. The number of hydrogen-bond donors (Lipinski definition) is 1. The Morgan fingerprint density at radius 2 is 1.96 bits per heavy atom. The summed E-state index contributed by atoms with van der Waals surface area (Å²) < 4.78 is 5.12. The van der Waals surface area contributed by atoms with Crippen molar-refractivity contribution in [3.63, 3.8) is 0 Å². The zero-order chi connectivity index (χ0) is 16.4. The van der Waals surface area contributed by atoms with E-state index < -0.39 is 17.5 Å². The third kappa shape index (κ3) is 3.03. The molecular formula is C16H17ClN2O4. The van der Waals surface area contributed by atoms with Crippen LogP contribution in [0.5, 0.6) is 0 Å². The lowest BCUT2D eigenvalue weighted by atomic mass is 9.98. The number of nitrogens with one attached hydrogen (secondary N) is 1. The molecule has 23 heavy (non-hydrogen) atoms. The molecule has 0 radical (unpaired) electrons. The van der Waals surface area contributed by atoms with Gasteiger partial charge in [0.25, 0.3) is 5.91 Å². The number of benzene rings is 1. The normalized spacial score (nSPS) is 19.3. The van der Waals surface area contributed by atoms with Gasteiger partial charge in [0, 0.05) is 10.6 Å². The Balaban J connectivity index is 1.59. The van der Waals surface area contributed by atoms with Gasteiger partial charge >= 0.3 is 12.0 Å². The number of carbonyl (C=O) groups excluding carboxylic acids is 3. The zero-order valence-corrected chi connectivity index (χ0v) is 13.3. The fourth-order valence-corrected chi connectivity index (χ4v) is 3.28. The highest BCUT2D eigenvalue weighted by Crippen LogP contribution is 2.34. The number of rotatable bonds is 4. The number of hydrogen-bond acceptors (Lipinski definition) is 4. The third-order valence-corrected chi connectivity index (χ3v) is 4.71. The van der Waals surface area contributed by atoms with Crippen LogP contribution in [0.4, 0.5) is 4.79 Å². The highest BCUT2D eigenvalue weighted by molar-refractivity contribution is 6.31. The molecule has 1 N–H and O–H groups in total. The third-order valence-electron chi connectivity index (χ3n) is 4.34. The minimum atomic E-state index is -0.805. The smallest absolute Gasteiger partial charge is 0.326 e. The van der Waals surface area contributed by atoms with E-state index in [9.17, 15) is 14.4 Å². The summed E-state index contributed by atoms with van der Waals surface area (Å²) in [6.07, 6.45) is 3.05. The molecule has 1 heterocycles. The lowest BCUT2D eigenvalue weighted by Gasteiger charge is -2.19. The van der Waals surface area contributed by atoms with Gasteiger partial charge in [0.05, 0.1) is 0 Å². The van der Waals surface area contributed by atoms with Crippen molar-refractivity contribution in [2.75, 3.05) is 6.54 Å². The topological polar surface area (TPSA) is 75.7 Å². The van der Waals surface area contributed by atoms with Crippen molar-refractivity contribution in [2.45, 2.75) is 37.8 Å². The molecule has 0 bridgehead atoms. The zero-order valence-electron chi connectivity index (χ0n) is 12.5. The van der Waals surface area contributed by atoms with Crippen LogP contribution in [0.1, 0.15) is 31.2 Å². The second kappa shape index (κ2) is 6.20. The van der Waals surface area contributed by atoms with Crippen LogP contribution in [-0.2, 0) is 20.9 Å². The van der Waals surface area contributed by atoms with E-state index in [0.717, 1.165) is 17.7 Å². The summed E-state index contributed by atoms with van der Waals surface area (Å²) in [5, 5.41) is 3.23. The molecule has 3 rings (SSSR count). The molecule has 3 amide bonds. The standard InChI is InChI=1S/C16H17ClN2O4/c17-12-6-2-1-5-11(12)10-23-13(20)9-19-14(21)16(18-15(19)22)7-3-4-8-16/h1-2,5-6H,3-4,7-10H2,(H,18,22). The summed E-state index contributed by atoms with van der Waals surface area (Å²) in [5.41, 5.74) is -0.132. The van der Waals surface area contributed by atoms with Gasteiger partial charge in [0.2, 0.25) is 0 Å². The van der Waals surface area contributed by atoms with Gasteiger partial charge in [-0.15, -0.1) is 0 Å².